The second-order valence-corrected chi connectivity index (χ2v) is 7.22. The van der Waals surface area contributed by atoms with E-state index in [1.165, 1.54) is 0 Å². The highest BCUT2D eigenvalue weighted by molar-refractivity contribution is 6.09. The molecule has 2 N–H and O–H groups in total. The van der Waals surface area contributed by atoms with Crippen molar-refractivity contribution >= 4 is 23.5 Å². The smallest absolute Gasteiger partial charge is 0.325 e. The summed E-state index contributed by atoms with van der Waals surface area (Å²) in [6, 6.07) is 18.1. The van der Waals surface area contributed by atoms with Crippen LogP contribution in [0.2, 0.25) is 0 Å². The number of amides is 4. The SMILES string of the molecule is C[C@@]1(CCc2ccccc2)NC(=O)N(CC(=O)Nc2ccc(CC#N)cc2)C1=O. The van der Waals surface area contributed by atoms with E-state index in [0.717, 1.165) is 16.0 Å². The summed E-state index contributed by atoms with van der Waals surface area (Å²) in [4.78, 5) is 38.4. The van der Waals surface area contributed by atoms with E-state index >= 15 is 0 Å². The van der Waals surface area contributed by atoms with E-state index < -0.39 is 23.4 Å². The lowest BCUT2D eigenvalue weighted by Gasteiger charge is -2.21. The van der Waals surface area contributed by atoms with Crippen molar-refractivity contribution in [2.24, 2.45) is 0 Å². The summed E-state index contributed by atoms with van der Waals surface area (Å²) in [7, 11) is 0. The molecule has 0 aromatic heterocycles. The van der Waals surface area contributed by atoms with E-state index in [1.807, 2.05) is 30.3 Å². The first kappa shape index (κ1) is 20.1. The highest BCUT2D eigenvalue weighted by atomic mass is 16.2. The standard InChI is InChI=1S/C22H22N4O3/c1-22(13-11-16-5-3-2-4-6-16)20(28)26(21(29)25-22)15-19(27)24-18-9-7-17(8-10-18)12-14-23/h2-10H,11-13,15H2,1H3,(H,24,27)(H,25,29)/t22-/m0/s1. The normalized spacial score (nSPS) is 18.3. The summed E-state index contributed by atoms with van der Waals surface area (Å²) in [5.41, 5.74) is 1.42. The molecule has 0 radical (unpaired) electrons. The van der Waals surface area contributed by atoms with E-state index in [1.54, 1.807) is 31.2 Å². The number of nitrogens with one attached hydrogen (secondary N) is 2. The quantitative estimate of drug-likeness (QED) is 0.710. The molecule has 1 aliphatic heterocycles. The van der Waals surface area contributed by atoms with Crippen molar-refractivity contribution in [2.45, 2.75) is 31.7 Å². The van der Waals surface area contributed by atoms with Crippen LogP contribution in [0.4, 0.5) is 10.5 Å². The Morgan fingerprint density at radius 3 is 2.45 bits per heavy atom. The Hall–Kier alpha value is -3.66. The molecule has 7 nitrogen and oxygen atoms in total. The van der Waals surface area contributed by atoms with E-state index in [2.05, 4.69) is 16.7 Å². The van der Waals surface area contributed by atoms with Gasteiger partial charge in [-0.3, -0.25) is 14.5 Å². The Balaban J connectivity index is 1.59. The maximum atomic E-state index is 12.8. The van der Waals surface area contributed by atoms with Gasteiger partial charge in [0, 0.05) is 5.69 Å². The molecule has 29 heavy (non-hydrogen) atoms. The number of carbonyl (C=O) groups excluding carboxylic acids is 3. The van der Waals surface area contributed by atoms with Crippen LogP contribution in [0, 0.1) is 11.3 Å². The van der Waals surface area contributed by atoms with Crippen molar-refractivity contribution in [3.8, 4) is 6.07 Å². The number of rotatable bonds is 7. The number of aryl methyl sites for hydroxylation is 1. The van der Waals surface area contributed by atoms with Gasteiger partial charge >= 0.3 is 6.03 Å². The van der Waals surface area contributed by atoms with Gasteiger partial charge in [-0.25, -0.2) is 4.79 Å². The molecule has 148 valence electrons. The van der Waals surface area contributed by atoms with Gasteiger partial charge in [0.05, 0.1) is 12.5 Å². The fourth-order valence-electron chi connectivity index (χ4n) is 3.24. The molecule has 7 heteroatoms. The first-order valence-corrected chi connectivity index (χ1v) is 9.35. The molecule has 1 fully saturated rings. The van der Waals surface area contributed by atoms with Gasteiger partial charge in [-0.05, 0) is 43.0 Å². The van der Waals surface area contributed by atoms with Crippen LogP contribution in [0.25, 0.3) is 0 Å². The average Bonchev–Trinajstić information content (AvgIpc) is 2.92. The Labute approximate surface area is 169 Å². The molecule has 1 aliphatic rings. The zero-order chi connectivity index (χ0) is 20.9. The molecule has 2 aromatic rings. The Kier molecular flexibility index (Phi) is 5.93. The van der Waals surface area contributed by atoms with Crippen LogP contribution >= 0.6 is 0 Å². The van der Waals surface area contributed by atoms with Gasteiger partial charge in [0.25, 0.3) is 5.91 Å². The van der Waals surface area contributed by atoms with Gasteiger partial charge in [-0.1, -0.05) is 42.5 Å². The van der Waals surface area contributed by atoms with E-state index in [0.29, 0.717) is 18.5 Å². The lowest BCUT2D eigenvalue weighted by Crippen LogP contribution is -2.45. The lowest BCUT2D eigenvalue weighted by molar-refractivity contribution is -0.133. The number of imide groups is 1. The van der Waals surface area contributed by atoms with Crippen LogP contribution in [0.5, 0.6) is 0 Å². The van der Waals surface area contributed by atoms with E-state index in [9.17, 15) is 14.4 Å². The maximum absolute atomic E-state index is 12.8. The first-order chi connectivity index (χ1) is 13.9. The molecule has 4 amide bonds. The van der Waals surface area contributed by atoms with Gasteiger partial charge in [-0.2, -0.15) is 5.26 Å². The van der Waals surface area contributed by atoms with Crippen molar-refractivity contribution in [3.05, 3.63) is 65.7 Å². The summed E-state index contributed by atoms with van der Waals surface area (Å²) in [5, 5.41) is 14.1. The molecule has 0 bridgehead atoms. The maximum Gasteiger partial charge on any atom is 0.325 e. The van der Waals surface area contributed by atoms with E-state index in [4.69, 9.17) is 5.26 Å². The molecular formula is C22H22N4O3. The molecule has 0 aliphatic carbocycles. The van der Waals surface area contributed by atoms with Crippen molar-refractivity contribution in [1.29, 1.82) is 5.26 Å². The first-order valence-electron chi connectivity index (χ1n) is 9.35. The lowest BCUT2D eigenvalue weighted by atomic mass is 9.93. The second kappa shape index (κ2) is 8.57. The number of hydrogen-bond donors (Lipinski definition) is 2. The molecule has 0 saturated carbocycles. The summed E-state index contributed by atoms with van der Waals surface area (Å²) < 4.78 is 0. The number of benzene rings is 2. The Bertz CT molecular complexity index is 950. The molecule has 3 rings (SSSR count). The highest BCUT2D eigenvalue weighted by Gasteiger charge is 2.47. The largest absolute Gasteiger partial charge is 0.325 e. The van der Waals surface area contributed by atoms with Gasteiger partial charge in [0.15, 0.2) is 0 Å². The second-order valence-electron chi connectivity index (χ2n) is 7.22. The molecule has 1 atom stereocenters. The Morgan fingerprint density at radius 2 is 1.79 bits per heavy atom. The molecule has 2 aromatic carbocycles. The van der Waals surface area contributed by atoms with Crippen molar-refractivity contribution < 1.29 is 14.4 Å². The third-order valence-corrected chi connectivity index (χ3v) is 4.92. The van der Waals surface area contributed by atoms with Crippen LogP contribution in [-0.4, -0.2) is 34.8 Å². The predicted molar refractivity (Wildman–Crippen MR) is 108 cm³/mol. The summed E-state index contributed by atoms with van der Waals surface area (Å²) >= 11 is 0. The van der Waals surface area contributed by atoms with Crippen LogP contribution in [0.3, 0.4) is 0 Å². The zero-order valence-electron chi connectivity index (χ0n) is 16.1. The summed E-state index contributed by atoms with van der Waals surface area (Å²) in [5.74, 6) is -0.869. The monoisotopic (exact) mass is 390 g/mol. The number of anilines is 1. The minimum absolute atomic E-state index is 0.290. The van der Waals surface area contributed by atoms with Gasteiger partial charge in [-0.15, -0.1) is 0 Å². The number of nitriles is 1. The van der Waals surface area contributed by atoms with Gasteiger partial charge in [0.1, 0.15) is 12.1 Å². The van der Waals surface area contributed by atoms with Crippen molar-refractivity contribution in [1.82, 2.24) is 10.2 Å². The van der Waals surface area contributed by atoms with Crippen LogP contribution in [0.1, 0.15) is 24.5 Å². The van der Waals surface area contributed by atoms with E-state index in [-0.39, 0.29) is 13.0 Å². The number of hydrogen-bond acceptors (Lipinski definition) is 4. The Morgan fingerprint density at radius 1 is 1.10 bits per heavy atom. The van der Waals surface area contributed by atoms with Crippen molar-refractivity contribution in [3.63, 3.8) is 0 Å². The number of nitrogens with zero attached hydrogens (tertiary/aromatic N) is 2. The fraction of sp³-hybridized carbons (Fsp3) is 0.273. The third kappa shape index (κ3) is 4.79. The topological polar surface area (TPSA) is 102 Å². The van der Waals surface area contributed by atoms with Crippen molar-refractivity contribution in [2.75, 3.05) is 11.9 Å². The van der Waals surface area contributed by atoms with Crippen LogP contribution in [-0.2, 0) is 22.4 Å². The number of carbonyl (C=O) groups is 3. The molecule has 1 saturated heterocycles. The minimum atomic E-state index is -1.04. The van der Waals surface area contributed by atoms with Gasteiger partial charge < -0.3 is 10.6 Å². The molecule has 1 heterocycles. The third-order valence-electron chi connectivity index (χ3n) is 4.92. The highest BCUT2D eigenvalue weighted by Crippen LogP contribution is 2.23. The average molecular weight is 390 g/mol. The molecule has 0 unspecified atom stereocenters. The zero-order valence-corrected chi connectivity index (χ0v) is 16.1. The summed E-state index contributed by atoms with van der Waals surface area (Å²) in [6.45, 7) is 1.33. The molecule has 0 spiro atoms. The predicted octanol–water partition coefficient (Wildman–Crippen LogP) is 2.63. The van der Waals surface area contributed by atoms with Crippen LogP contribution < -0.4 is 10.6 Å². The van der Waals surface area contributed by atoms with Gasteiger partial charge in [0.2, 0.25) is 5.91 Å². The molecular weight excluding hydrogens is 368 g/mol. The minimum Gasteiger partial charge on any atom is -0.325 e. The summed E-state index contributed by atoms with van der Waals surface area (Å²) in [6.07, 6.45) is 1.37. The van der Waals surface area contributed by atoms with Crippen LogP contribution in [0.15, 0.2) is 54.6 Å². The fourth-order valence-corrected chi connectivity index (χ4v) is 3.24. The number of urea groups is 1.